The number of aryl methyl sites for hydroxylation is 1. The Labute approximate surface area is 223 Å². The van der Waals surface area contributed by atoms with Crippen molar-refractivity contribution in [2.45, 2.75) is 39.8 Å². The summed E-state index contributed by atoms with van der Waals surface area (Å²) in [6.45, 7) is 7.19. The van der Waals surface area contributed by atoms with E-state index in [1.165, 1.54) is 0 Å². The maximum absolute atomic E-state index is 13.9. The van der Waals surface area contributed by atoms with E-state index < -0.39 is 6.04 Å². The molecule has 0 aliphatic heterocycles. The molecule has 0 saturated heterocycles. The lowest BCUT2D eigenvalue weighted by molar-refractivity contribution is 0.0602. The van der Waals surface area contributed by atoms with Crippen LogP contribution < -0.4 is 11.3 Å². The molecule has 0 spiro atoms. The van der Waals surface area contributed by atoms with Gasteiger partial charge in [0, 0.05) is 12.1 Å². The van der Waals surface area contributed by atoms with Gasteiger partial charge >= 0.3 is 0 Å². The minimum absolute atomic E-state index is 0.0623. The van der Waals surface area contributed by atoms with Crippen LogP contribution in [0.25, 0.3) is 10.9 Å². The monoisotopic (exact) mass is 507 g/mol. The van der Waals surface area contributed by atoms with Gasteiger partial charge in [-0.1, -0.05) is 61.9 Å². The van der Waals surface area contributed by atoms with Gasteiger partial charge in [0.2, 0.25) is 0 Å². The van der Waals surface area contributed by atoms with Gasteiger partial charge in [0.25, 0.3) is 11.5 Å². The molecule has 1 unspecified atom stereocenters. The van der Waals surface area contributed by atoms with Gasteiger partial charge in [-0.25, -0.2) is 4.98 Å². The average Bonchev–Trinajstić information content (AvgIpc) is 2.92. The lowest BCUT2D eigenvalue weighted by atomic mass is 9.98. The van der Waals surface area contributed by atoms with Crippen molar-refractivity contribution in [3.8, 4) is 6.07 Å². The maximum atomic E-state index is 13.9. The molecule has 38 heavy (non-hydrogen) atoms. The van der Waals surface area contributed by atoms with Crippen LogP contribution in [0, 0.1) is 24.2 Å². The molecule has 0 aliphatic rings. The van der Waals surface area contributed by atoms with Gasteiger partial charge in [0.1, 0.15) is 5.82 Å². The highest BCUT2D eigenvalue weighted by atomic mass is 16.2. The van der Waals surface area contributed by atoms with Gasteiger partial charge in [0.05, 0.1) is 35.1 Å². The van der Waals surface area contributed by atoms with Crippen LogP contribution >= 0.6 is 0 Å². The smallest absolute Gasteiger partial charge is 0.261 e. The van der Waals surface area contributed by atoms with Crippen LogP contribution in [0.1, 0.15) is 59.2 Å². The predicted molar refractivity (Wildman–Crippen MR) is 150 cm³/mol. The summed E-state index contributed by atoms with van der Waals surface area (Å²) in [5, 5.41) is 9.90. The third kappa shape index (κ3) is 5.66. The highest BCUT2D eigenvalue weighted by molar-refractivity contribution is 5.94. The van der Waals surface area contributed by atoms with Crippen LogP contribution in [-0.2, 0) is 6.54 Å². The zero-order chi connectivity index (χ0) is 27.2. The first-order valence-electron chi connectivity index (χ1n) is 12.9. The fraction of sp³-hybridized carbons (Fsp3) is 0.290. The molecule has 0 fully saturated rings. The van der Waals surface area contributed by atoms with Crippen LogP contribution in [-0.4, -0.2) is 33.4 Å². The number of hydrogen-bond donors (Lipinski definition) is 1. The Morgan fingerprint density at radius 3 is 2.42 bits per heavy atom. The summed E-state index contributed by atoms with van der Waals surface area (Å²) in [7, 11) is 0. The van der Waals surface area contributed by atoms with Crippen LogP contribution in [0.3, 0.4) is 0 Å². The number of fused-ring (bicyclic) bond motifs is 1. The number of nitriles is 1. The molecule has 1 aromatic heterocycles. The second kappa shape index (κ2) is 11.8. The lowest BCUT2D eigenvalue weighted by Gasteiger charge is -2.35. The topological polar surface area (TPSA) is 105 Å². The molecule has 3 aromatic carbocycles. The minimum atomic E-state index is -0.498. The van der Waals surface area contributed by atoms with E-state index in [4.69, 9.17) is 10.7 Å². The fourth-order valence-corrected chi connectivity index (χ4v) is 4.74. The summed E-state index contributed by atoms with van der Waals surface area (Å²) < 4.78 is 1.67. The molecule has 2 N–H and O–H groups in total. The summed E-state index contributed by atoms with van der Waals surface area (Å²) in [5.41, 5.74) is 9.13. The molecule has 0 bridgehead atoms. The number of hydrogen-bond acceptors (Lipinski definition) is 5. The summed E-state index contributed by atoms with van der Waals surface area (Å²) in [4.78, 5) is 34.6. The van der Waals surface area contributed by atoms with E-state index in [9.17, 15) is 14.9 Å². The molecule has 7 heteroatoms. The standard InChI is InChI=1S/C31H33N5O2/c1-21(2)28(35(17-7-16-32)30(37)25-13-10-22(3)11-14-25)29-34-27-18-24(19-33)12-15-26(27)31(38)36(29)20-23-8-5-4-6-9-23/h4-6,8-15,18,21,28H,7,16-17,20,32H2,1-3H3. The van der Waals surface area contributed by atoms with Crippen molar-refractivity contribution in [3.05, 3.63) is 111 Å². The number of nitrogens with zero attached hydrogens (tertiary/aromatic N) is 4. The second-order valence-electron chi connectivity index (χ2n) is 9.89. The molecule has 194 valence electrons. The number of benzene rings is 3. The number of carbonyl (C=O) groups excluding carboxylic acids is 1. The van der Waals surface area contributed by atoms with Crippen LogP contribution in [0.5, 0.6) is 0 Å². The van der Waals surface area contributed by atoms with Crippen molar-refractivity contribution >= 4 is 16.8 Å². The highest BCUT2D eigenvalue weighted by Crippen LogP contribution is 2.30. The maximum Gasteiger partial charge on any atom is 0.261 e. The summed E-state index contributed by atoms with van der Waals surface area (Å²) in [6, 6.07) is 23.8. The fourth-order valence-electron chi connectivity index (χ4n) is 4.74. The Kier molecular flexibility index (Phi) is 8.35. The number of rotatable bonds is 9. The quantitative estimate of drug-likeness (QED) is 0.350. The van der Waals surface area contributed by atoms with Gasteiger partial charge in [0.15, 0.2) is 0 Å². The minimum Gasteiger partial charge on any atom is -0.330 e. The molecule has 7 nitrogen and oxygen atoms in total. The van der Waals surface area contributed by atoms with E-state index in [1.807, 2.05) is 75.4 Å². The molecule has 0 saturated carbocycles. The van der Waals surface area contributed by atoms with Crippen molar-refractivity contribution in [1.29, 1.82) is 5.26 Å². The van der Waals surface area contributed by atoms with E-state index in [2.05, 4.69) is 6.07 Å². The molecule has 1 atom stereocenters. The van der Waals surface area contributed by atoms with Crippen molar-refractivity contribution in [2.24, 2.45) is 11.7 Å². The van der Waals surface area contributed by atoms with E-state index in [0.29, 0.717) is 53.9 Å². The Balaban J connectivity index is 1.95. The van der Waals surface area contributed by atoms with Crippen LogP contribution in [0.4, 0.5) is 0 Å². The SMILES string of the molecule is Cc1ccc(C(=O)N(CCCN)C(c2nc3cc(C#N)ccc3c(=O)n2Cc2ccccc2)C(C)C)cc1. The Hall–Kier alpha value is -4.28. The van der Waals surface area contributed by atoms with Gasteiger partial charge in [-0.3, -0.25) is 14.2 Å². The van der Waals surface area contributed by atoms with E-state index >= 15 is 0 Å². The van der Waals surface area contributed by atoms with Crippen molar-refractivity contribution in [2.75, 3.05) is 13.1 Å². The molecule has 4 aromatic rings. The summed E-state index contributed by atoms with van der Waals surface area (Å²) in [6.07, 6.45) is 0.607. The van der Waals surface area contributed by atoms with Crippen molar-refractivity contribution < 1.29 is 4.79 Å². The Morgan fingerprint density at radius 1 is 1.08 bits per heavy atom. The third-order valence-corrected chi connectivity index (χ3v) is 6.69. The molecule has 1 heterocycles. The lowest BCUT2D eigenvalue weighted by Crippen LogP contribution is -2.42. The highest BCUT2D eigenvalue weighted by Gasteiger charge is 2.32. The normalized spacial score (nSPS) is 11.9. The van der Waals surface area contributed by atoms with E-state index in [1.54, 1.807) is 27.7 Å². The van der Waals surface area contributed by atoms with Gasteiger partial charge in [-0.15, -0.1) is 0 Å². The number of amides is 1. The molecule has 4 rings (SSSR count). The molecule has 1 amide bonds. The first kappa shape index (κ1) is 26.8. The zero-order valence-corrected chi connectivity index (χ0v) is 22.1. The summed E-state index contributed by atoms with van der Waals surface area (Å²) in [5.74, 6) is 0.296. The van der Waals surface area contributed by atoms with E-state index in [0.717, 1.165) is 11.1 Å². The first-order valence-corrected chi connectivity index (χ1v) is 12.9. The van der Waals surface area contributed by atoms with Gasteiger partial charge in [-0.05, 0) is 61.7 Å². The Bertz CT molecular complexity index is 1520. The Morgan fingerprint density at radius 2 is 1.79 bits per heavy atom. The number of carbonyl (C=O) groups is 1. The van der Waals surface area contributed by atoms with Crippen LogP contribution in [0.2, 0.25) is 0 Å². The second-order valence-corrected chi connectivity index (χ2v) is 9.89. The number of nitrogens with two attached hydrogens (primary N) is 1. The molecule has 0 radical (unpaired) electrons. The van der Waals surface area contributed by atoms with Crippen molar-refractivity contribution in [1.82, 2.24) is 14.5 Å². The first-order chi connectivity index (χ1) is 18.3. The molecule has 0 aliphatic carbocycles. The van der Waals surface area contributed by atoms with Gasteiger partial charge in [-0.2, -0.15) is 5.26 Å². The average molecular weight is 508 g/mol. The van der Waals surface area contributed by atoms with Crippen molar-refractivity contribution in [3.63, 3.8) is 0 Å². The third-order valence-electron chi connectivity index (χ3n) is 6.69. The summed E-state index contributed by atoms with van der Waals surface area (Å²) >= 11 is 0. The van der Waals surface area contributed by atoms with Gasteiger partial charge < -0.3 is 10.6 Å². The van der Waals surface area contributed by atoms with Crippen LogP contribution in [0.15, 0.2) is 77.6 Å². The van der Waals surface area contributed by atoms with E-state index in [-0.39, 0.29) is 17.4 Å². The number of aromatic nitrogens is 2. The zero-order valence-electron chi connectivity index (χ0n) is 22.1. The molecular weight excluding hydrogens is 474 g/mol. The molecular formula is C31H33N5O2. The predicted octanol–water partition coefficient (Wildman–Crippen LogP) is 4.81. The largest absolute Gasteiger partial charge is 0.330 e.